The number of hydroxylamine groups is 1. The van der Waals surface area contributed by atoms with Crippen molar-refractivity contribution in [3.8, 4) is 0 Å². The maximum atomic E-state index is 11.8. The van der Waals surface area contributed by atoms with Crippen LogP contribution >= 0.6 is 11.3 Å². The minimum Gasteiger partial charge on any atom is -0.266 e. The second kappa shape index (κ2) is 5.50. The molecule has 17 heavy (non-hydrogen) atoms. The van der Waals surface area contributed by atoms with Crippen molar-refractivity contribution < 1.29 is 22.8 Å². The third kappa shape index (κ3) is 4.35. The Bertz CT molecular complexity index is 401. The molecule has 0 fully saturated rings. The Morgan fingerprint density at radius 2 is 2.18 bits per heavy atom. The Kier molecular flexibility index (Phi) is 4.53. The monoisotopic (exact) mass is 267 g/mol. The smallest absolute Gasteiger partial charge is 0.266 e. The van der Waals surface area contributed by atoms with Crippen LogP contribution in [-0.2, 0) is 11.3 Å². The molecule has 1 rings (SSSR count). The number of amides is 1. The van der Waals surface area contributed by atoms with Gasteiger partial charge in [-0.3, -0.25) is 9.63 Å². The van der Waals surface area contributed by atoms with E-state index in [0.717, 1.165) is 16.9 Å². The molecule has 0 unspecified atom stereocenters. The highest BCUT2D eigenvalue weighted by Gasteiger charge is 2.28. The second-order valence-corrected chi connectivity index (χ2v) is 4.64. The van der Waals surface area contributed by atoms with E-state index < -0.39 is 18.7 Å². The van der Waals surface area contributed by atoms with E-state index in [4.69, 9.17) is 0 Å². The standard InChI is InChI=1S/C10H12F3NO2S/c1-3-7-4-8(17-6(7)2)9(15)14-16-5-10(11,12)13/h4H,3,5H2,1-2H3,(H,14,15). The van der Waals surface area contributed by atoms with Crippen LogP contribution in [0, 0.1) is 6.92 Å². The van der Waals surface area contributed by atoms with Gasteiger partial charge in [-0.05, 0) is 25.0 Å². The van der Waals surface area contributed by atoms with E-state index in [1.165, 1.54) is 11.3 Å². The lowest BCUT2D eigenvalue weighted by molar-refractivity contribution is -0.184. The van der Waals surface area contributed by atoms with E-state index in [-0.39, 0.29) is 0 Å². The van der Waals surface area contributed by atoms with Crippen molar-refractivity contribution in [3.63, 3.8) is 0 Å². The molecule has 0 aliphatic heterocycles. The maximum absolute atomic E-state index is 11.8. The molecule has 0 aromatic carbocycles. The molecule has 1 amide bonds. The molecular formula is C10H12F3NO2S. The largest absolute Gasteiger partial charge is 0.414 e. The van der Waals surface area contributed by atoms with Crippen LogP contribution in [0.5, 0.6) is 0 Å². The summed E-state index contributed by atoms with van der Waals surface area (Å²) in [7, 11) is 0. The summed E-state index contributed by atoms with van der Waals surface area (Å²) in [6.07, 6.45) is -3.67. The first-order valence-electron chi connectivity index (χ1n) is 4.91. The van der Waals surface area contributed by atoms with Crippen molar-refractivity contribution in [2.75, 3.05) is 6.61 Å². The Balaban J connectivity index is 2.52. The molecule has 1 N–H and O–H groups in total. The van der Waals surface area contributed by atoms with Gasteiger partial charge < -0.3 is 0 Å². The van der Waals surface area contributed by atoms with Gasteiger partial charge in [0, 0.05) is 4.88 Å². The van der Waals surface area contributed by atoms with Crippen molar-refractivity contribution in [2.24, 2.45) is 0 Å². The van der Waals surface area contributed by atoms with Crippen LogP contribution in [0.3, 0.4) is 0 Å². The lowest BCUT2D eigenvalue weighted by Gasteiger charge is -2.07. The third-order valence-corrected chi connectivity index (χ3v) is 3.12. The first-order chi connectivity index (χ1) is 7.83. The summed E-state index contributed by atoms with van der Waals surface area (Å²) in [5.41, 5.74) is 2.78. The zero-order valence-corrected chi connectivity index (χ0v) is 10.2. The second-order valence-electron chi connectivity index (χ2n) is 3.38. The van der Waals surface area contributed by atoms with Gasteiger partial charge in [0.1, 0.15) is 0 Å². The minimum atomic E-state index is -4.45. The SMILES string of the molecule is CCc1cc(C(=O)NOCC(F)(F)F)sc1C. The molecular weight excluding hydrogens is 255 g/mol. The molecule has 96 valence electrons. The molecule has 0 saturated heterocycles. The molecule has 0 bridgehead atoms. The van der Waals surface area contributed by atoms with E-state index in [9.17, 15) is 18.0 Å². The average molecular weight is 267 g/mol. The number of carbonyl (C=O) groups is 1. The summed E-state index contributed by atoms with van der Waals surface area (Å²) in [6, 6.07) is 1.66. The number of halogens is 3. The maximum Gasteiger partial charge on any atom is 0.414 e. The third-order valence-electron chi connectivity index (χ3n) is 2.03. The van der Waals surface area contributed by atoms with E-state index in [2.05, 4.69) is 4.84 Å². The van der Waals surface area contributed by atoms with E-state index in [0.29, 0.717) is 4.88 Å². The predicted octanol–water partition coefficient (Wildman–Crippen LogP) is 2.84. The van der Waals surface area contributed by atoms with E-state index in [1.54, 1.807) is 11.5 Å². The Hall–Kier alpha value is -1.08. The van der Waals surface area contributed by atoms with Crippen LogP contribution < -0.4 is 5.48 Å². The molecule has 0 aliphatic carbocycles. The summed E-state index contributed by atoms with van der Waals surface area (Å²) in [5, 5.41) is 0. The average Bonchev–Trinajstić information content (AvgIpc) is 2.57. The molecule has 0 saturated carbocycles. The predicted molar refractivity (Wildman–Crippen MR) is 57.9 cm³/mol. The Labute approximate surface area is 101 Å². The summed E-state index contributed by atoms with van der Waals surface area (Å²) >= 11 is 1.23. The fourth-order valence-corrected chi connectivity index (χ4v) is 2.22. The number of rotatable bonds is 4. The van der Waals surface area contributed by atoms with Crippen molar-refractivity contribution >= 4 is 17.2 Å². The lowest BCUT2D eigenvalue weighted by Crippen LogP contribution is -2.29. The normalized spacial score (nSPS) is 11.6. The molecule has 0 radical (unpaired) electrons. The van der Waals surface area contributed by atoms with Gasteiger partial charge in [0.2, 0.25) is 0 Å². The minimum absolute atomic E-state index is 0.349. The number of nitrogens with one attached hydrogen (secondary N) is 1. The van der Waals surface area contributed by atoms with E-state index in [1.807, 2.05) is 13.8 Å². The quantitative estimate of drug-likeness (QED) is 0.852. The van der Waals surface area contributed by atoms with Crippen LogP contribution in [0.2, 0.25) is 0 Å². The van der Waals surface area contributed by atoms with Gasteiger partial charge in [0.05, 0.1) is 4.88 Å². The van der Waals surface area contributed by atoms with Gasteiger partial charge in [-0.1, -0.05) is 6.92 Å². The molecule has 7 heteroatoms. The van der Waals surface area contributed by atoms with Crippen molar-refractivity contribution in [1.29, 1.82) is 0 Å². The topological polar surface area (TPSA) is 38.3 Å². The fourth-order valence-electron chi connectivity index (χ4n) is 1.22. The van der Waals surface area contributed by atoms with Crippen LogP contribution in [0.25, 0.3) is 0 Å². The van der Waals surface area contributed by atoms with Crippen molar-refractivity contribution in [1.82, 2.24) is 5.48 Å². The number of hydrogen-bond acceptors (Lipinski definition) is 3. The highest BCUT2D eigenvalue weighted by Crippen LogP contribution is 2.22. The van der Waals surface area contributed by atoms with Gasteiger partial charge in [-0.15, -0.1) is 11.3 Å². The molecule has 1 aromatic heterocycles. The zero-order valence-electron chi connectivity index (χ0n) is 9.35. The number of aryl methyl sites for hydroxylation is 2. The number of alkyl halides is 3. The number of hydrogen-bond donors (Lipinski definition) is 1. The van der Waals surface area contributed by atoms with Crippen LogP contribution in [0.15, 0.2) is 6.07 Å². The van der Waals surface area contributed by atoms with Crippen LogP contribution in [0.1, 0.15) is 27.0 Å². The molecule has 3 nitrogen and oxygen atoms in total. The summed E-state index contributed by atoms with van der Waals surface area (Å²) in [5.74, 6) is -0.651. The fraction of sp³-hybridized carbons (Fsp3) is 0.500. The highest BCUT2D eigenvalue weighted by molar-refractivity contribution is 7.14. The van der Waals surface area contributed by atoms with Gasteiger partial charge in [-0.2, -0.15) is 13.2 Å². The summed E-state index contributed by atoms with van der Waals surface area (Å²) < 4.78 is 35.3. The molecule has 1 heterocycles. The van der Waals surface area contributed by atoms with Gasteiger partial charge >= 0.3 is 6.18 Å². The number of carbonyl (C=O) groups excluding carboxylic acids is 1. The van der Waals surface area contributed by atoms with Crippen LogP contribution in [-0.4, -0.2) is 18.7 Å². The molecule has 1 aromatic rings. The van der Waals surface area contributed by atoms with Crippen molar-refractivity contribution in [2.45, 2.75) is 26.4 Å². The first kappa shape index (κ1) is 14.0. The highest BCUT2D eigenvalue weighted by atomic mass is 32.1. The van der Waals surface area contributed by atoms with Gasteiger partial charge in [0.25, 0.3) is 5.91 Å². The Morgan fingerprint density at radius 3 is 2.65 bits per heavy atom. The zero-order chi connectivity index (χ0) is 13.1. The molecule has 0 atom stereocenters. The van der Waals surface area contributed by atoms with Crippen molar-refractivity contribution in [3.05, 3.63) is 21.4 Å². The number of thiophene rings is 1. The lowest BCUT2D eigenvalue weighted by atomic mass is 10.2. The van der Waals surface area contributed by atoms with Crippen LogP contribution in [0.4, 0.5) is 13.2 Å². The van der Waals surface area contributed by atoms with Gasteiger partial charge in [-0.25, -0.2) is 5.48 Å². The molecule has 0 aliphatic rings. The summed E-state index contributed by atoms with van der Waals surface area (Å²) in [6.45, 7) is 2.30. The molecule has 0 spiro atoms. The van der Waals surface area contributed by atoms with E-state index >= 15 is 0 Å². The Morgan fingerprint density at radius 1 is 1.53 bits per heavy atom. The first-order valence-corrected chi connectivity index (χ1v) is 5.73. The van der Waals surface area contributed by atoms with Gasteiger partial charge in [0.15, 0.2) is 6.61 Å². The summed E-state index contributed by atoms with van der Waals surface area (Å²) in [4.78, 5) is 16.8.